The predicted octanol–water partition coefficient (Wildman–Crippen LogP) is 0.769. The second-order valence-corrected chi connectivity index (χ2v) is 9.10. The lowest BCUT2D eigenvalue weighted by Gasteiger charge is -2.23. The fourth-order valence-corrected chi connectivity index (χ4v) is 3.98. The number of carbonyl (C=O) groups excluding carboxylic acids is 3. The molecule has 3 aromatic rings. The average Bonchev–Trinajstić information content (AvgIpc) is 3.30. The predicted molar refractivity (Wildman–Crippen MR) is 143 cm³/mol. The Kier molecular flexibility index (Phi) is 9.70. The van der Waals surface area contributed by atoms with Gasteiger partial charge >= 0.3 is 5.97 Å². The number of aliphatic carboxylic acids is 1. The van der Waals surface area contributed by atoms with Gasteiger partial charge in [-0.1, -0.05) is 48.5 Å². The van der Waals surface area contributed by atoms with Gasteiger partial charge in [-0.2, -0.15) is 12.6 Å². The molecule has 0 aliphatic rings. The third-order valence-electron chi connectivity index (χ3n) is 5.91. The minimum Gasteiger partial charge on any atom is -0.480 e. The molecule has 0 bridgehead atoms. The molecule has 10 nitrogen and oxygen atoms in total. The number of aromatic nitrogens is 1. The molecule has 3 amide bonds. The minimum absolute atomic E-state index is 0.0556. The summed E-state index contributed by atoms with van der Waals surface area (Å²) in [5.74, 6) is -2.93. The van der Waals surface area contributed by atoms with Crippen LogP contribution in [-0.2, 0) is 32.0 Å². The average molecular weight is 526 g/mol. The van der Waals surface area contributed by atoms with Crippen LogP contribution in [-0.4, -0.2) is 63.7 Å². The van der Waals surface area contributed by atoms with E-state index in [0.717, 1.165) is 22.0 Å². The molecule has 1 aromatic heterocycles. The maximum atomic E-state index is 13.0. The van der Waals surface area contributed by atoms with Crippen LogP contribution in [0.3, 0.4) is 0 Å². The van der Waals surface area contributed by atoms with Gasteiger partial charge in [-0.3, -0.25) is 14.4 Å². The number of fused-ring (bicyclic) bond motifs is 1. The molecule has 11 heteroatoms. The van der Waals surface area contributed by atoms with E-state index in [2.05, 4.69) is 33.6 Å². The third kappa shape index (κ3) is 7.58. The highest BCUT2D eigenvalue weighted by Crippen LogP contribution is 2.19. The van der Waals surface area contributed by atoms with Gasteiger partial charge in [0, 0.05) is 35.7 Å². The largest absolute Gasteiger partial charge is 0.480 e. The molecule has 0 fully saturated rings. The number of carboxylic acids is 1. The molecule has 3 rings (SSSR count). The first kappa shape index (κ1) is 27.8. The fraction of sp³-hybridized carbons (Fsp3) is 0.308. The van der Waals surface area contributed by atoms with E-state index in [1.165, 1.54) is 6.92 Å². The van der Waals surface area contributed by atoms with Crippen molar-refractivity contribution in [2.24, 2.45) is 5.73 Å². The van der Waals surface area contributed by atoms with Crippen molar-refractivity contribution in [2.45, 2.75) is 43.9 Å². The standard InChI is InChI=1S/C26H31N5O5S/c1-15(23(32)31-22(26(35)36)12-17-13-28-20-10-6-5-9-18(17)20)29-25(34)21(30-24(33)19(27)14-37)11-16-7-3-2-4-8-16/h2-10,13,15,19,21-22,28,37H,11-12,14,27H2,1H3,(H,29,34)(H,30,33)(H,31,32)(H,35,36). The maximum absolute atomic E-state index is 13.0. The highest BCUT2D eigenvalue weighted by atomic mass is 32.1. The number of carboxylic acid groups (broad SMARTS) is 1. The van der Waals surface area contributed by atoms with E-state index in [4.69, 9.17) is 5.73 Å². The van der Waals surface area contributed by atoms with Crippen LogP contribution in [0.15, 0.2) is 60.8 Å². The van der Waals surface area contributed by atoms with E-state index in [1.807, 2.05) is 42.5 Å². The van der Waals surface area contributed by atoms with Gasteiger partial charge in [0.15, 0.2) is 0 Å². The van der Waals surface area contributed by atoms with Gasteiger partial charge in [-0.15, -0.1) is 0 Å². The lowest BCUT2D eigenvalue weighted by Crippen LogP contribution is -2.57. The molecule has 0 aliphatic heterocycles. The van der Waals surface area contributed by atoms with Crippen LogP contribution >= 0.6 is 12.6 Å². The highest BCUT2D eigenvalue weighted by molar-refractivity contribution is 7.80. The Labute approximate surface area is 219 Å². The first-order chi connectivity index (χ1) is 17.7. The molecule has 1 heterocycles. The highest BCUT2D eigenvalue weighted by Gasteiger charge is 2.28. The minimum atomic E-state index is -1.21. The molecule has 2 aromatic carbocycles. The van der Waals surface area contributed by atoms with Crippen LogP contribution < -0.4 is 21.7 Å². The summed E-state index contributed by atoms with van der Waals surface area (Å²) in [7, 11) is 0. The van der Waals surface area contributed by atoms with Gasteiger partial charge in [-0.05, 0) is 24.1 Å². The Hall–Kier alpha value is -3.83. The SMILES string of the molecule is CC(NC(=O)C(Cc1ccccc1)NC(=O)C(N)CS)C(=O)NC(Cc1c[nH]c2ccccc12)C(=O)O. The van der Waals surface area contributed by atoms with Crippen molar-refractivity contribution < 1.29 is 24.3 Å². The van der Waals surface area contributed by atoms with E-state index in [0.29, 0.717) is 0 Å². The number of para-hydroxylation sites is 1. The molecule has 0 saturated heterocycles. The fourth-order valence-electron chi connectivity index (χ4n) is 3.82. The molecule has 7 N–H and O–H groups in total. The number of amides is 3. The number of nitrogens with one attached hydrogen (secondary N) is 4. The zero-order valence-corrected chi connectivity index (χ0v) is 21.2. The van der Waals surface area contributed by atoms with Crippen LogP contribution in [0.25, 0.3) is 10.9 Å². The first-order valence-corrected chi connectivity index (χ1v) is 12.4. The normalized spacial score (nSPS) is 14.2. The topological polar surface area (TPSA) is 166 Å². The first-order valence-electron chi connectivity index (χ1n) is 11.8. The quantitative estimate of drug-likeness (QED) is 0.173. The Morgan fingerprint density at radius 1 is 0.892 bits per heavy atom. The molecule has 0 spiro atoms. The summed E-state index contributed by atoms with van der Waals surface area (Å²) in [6, 6.07) is 12.3. The lowest BCUT2D eigenvalue weighted by molar-refractivity contribution is -0.142. The van der Waals surface area contributed by atoms with Crippen LogP contribution in [0.4, 0.5) is 0 Å². The number of carbonyl (C=O) groups is 4. The smallest absolute Gasteiger partial charge is 0.326 e. The third-order valence-corrected chi connectivity index (χ3v) is 6.31. The van der Waals surface area contributed by atoms with Gasteiger partial charge < -0.3 is 31.8 Å². The van der Waals surface area contributed by atoms with Crippen molar-refractivity contribution in [3.63, 3.8) is 0 Å². The van der Waals surface area contributed by atoms with Gasteiger partial charge in [0.1, 0.15) is 18.1 Å². The second kappa shape index (κ2) is 12.9. The summed E-state index contributed by atoms with van der Waals surface area (Å²) >= 11 is 4.02. The van der Waals surface area contributed by atoms with E-state index < -0.39 is 47.9 Å². The van der Waals surface area contributed by atoms with Crippen LogP contribution in [0.1, 0.15) is 18.1 Å². The molecule has 196 valence electrons. The lowest BCUT2D eigenvalue weighted by atomic mass is 10.0. The summed E-state index contributed by atoms with van der Waals surface area (Å²) in [6.07, 6.45) is 1.94. The summed E-state index contributed by atoms with van der Waals surface area (Å²) in [5.41, 5.74) is 8.14. The Balaban J connectivity index is 1.67. The number of hydrogen-bond donors (Lipinski definition) is 7. The van der Waals surface area contributed by atoms with Crippen molar-refractivity contribution in [1.82, 2.24) is 20.9 Å². The monoisotopic (exact) mass is 525 g/mol. The van der Waals surface area contributed by atoms with Crippen molar-refractivity contribution >= 4 is 47.2 Å². The number of H-pyrrole nitrogens is 1. The Morgan fingerprint density at radius 3 is 2.22 bits per heavy atom. The molecular formula is C26H31N5O5S. The van der Waals surface area contributed by atoms with Gasteiger partial charge in [0.25, 0.3) is 0 Å². The Bertz CT molecular complexity index is 1250. The van der Waals surface area contributed by atoms with Crippen molar-refractivity contribution in [3.8, 4) is 0 Å². The van der Waals surface area contributed by atoms with Gasteiger partial charge in [0.05, 0.1) is 6.04 Å². The summed E-state index contributed by atoms with van der Waals surface area (Å²) < 4.78 is 0. The zero-order valence-electron chi connectivity index (χ0n) is 20.3. The Morgan fingerprint density at radius 2 is 1.54 bits per heavy atom. The molecule has 0 saturated carbocycles. The summed E-state index contributed by atoms with van der Waals surface area (Å²) in [5, 5.41) is 18.2. The number of hydrogen-bond acceptors (Lipinski definition) is 6. The van der Waals surface area contributed by atoms with Gasteiger partial charge in [-0.25, -0.2) is 4.79 Å². The van der Waals surface area contributed by atoms with Crippen molar-refractivity contribution in [2.75, 3.05) is 5.75 Å². The van der Waals surface area contributed by atoms with Crippen LogP contribution in [0, 0.1) is 0 Å². The molecule has 0 radical (unpaired) electrons. The number of rotatable bonds is 12. The van der Waals surface area contributed by atoms with E-state index in [1.54, 1.807) is 18.3 Å². The van der Waals surface area contributed by atoms with Crippen LogP contribution in [0.5, 0.6) is 0 Å². The van der Waals surface area contributed by atoms with Crippen molar-refractivity contribution in [3.05, 3.63) is 71.9 Å². The summed E-state index contributed by atoms with van der Waals surface area (Å²) in [4.78, 5) is 53.2. The number of benzene rings is 2. The number of nitrogens with two attached hydrogens (primary N) is 1. The summed E-state index contributed by atoms with van der Waals surface area (Å²) in [6.45, 7) is 1.44. The molecule has 0 aliphatic carbocycles. The van der Waals surface area contributed by atoms with E-state index >= 15 is 0 Å². The van der Waals surface area contributed by atoms with Crippen LogP contribution in [0.2, 0.25) is 0 Å². The maximum Gasteiger partial charge on any atom is 0.326 e. The zero-order chi connectivity index (χ0) is 26.9. The number of thiol groups is 1. The van der Waals surface area contributed by atoms with E-state index in [9.17, 15) is 24.3 Å². The number of aromatic amines is 1. The molecule has 4 unspecified atom stereocenters. The van der Waals surface area contributed by atoms with E-state index in [-0.39, 0.29) is 18.6 Å². The second-order valence-electron chi connectivity index (χ2n) is 8.73. The van der Waals surface area contributed by atoms with Crippen molar-refractivity contribution in [1.29, 1.82) is 0 Å². The van der Waals surface area contributed by atoms with Gasteiger partial charge in [0.2, 0.25) is 17.7 Å². The molecule has 4 atom stereocenters. The molecule has 37 heavy (non-hydrogen) atoms. The molecular weight excluding hydrogens is 494 g/mol.